The molecule has 0 bridgehead atoms. The van der Waals surface area contributed by atoms with E-state index in [4.69, 9.17) is 0 Å². The molecule has 3 rings (SSSR count). The lowest BCUT2D eigenvalue weighted by molar-refractivity contribution is 0.134. The molecule has 98 valence electrons. The van der Waals surface area contributed by atoms with E-state index in [0.717, 1.165) is 26.1 Å². The van der Waals surface area contributed by atoms with E-state index in [1.54, 1.807) is 0 Å². The van der Waals surface area contributed by atoms with Crippen LogP contribution in [0.1, 0.15) is 24.5 Å². The molecule has 2 heterocycles. The molecule has 2 aliphatic heterocycles. The molecular weight excluding hydrogens is 224 g/mol. The number of fused-ring (bicyclic) bond motifs is 1. The fourth-order valence-corrected chi connectivity index (χ4v) is 3.34. The zero-order valence-electron chi connectivity index (χ0n) is 11.0. The summed E-state index contributed by atoms with van der Waals surface area (Å²) in [6.45, 7) is 5.66. The van der Waals surface area contributed by atoms with Crippen LogP contribution >= 0.6 is 0 Å². The summed E-state index contributed by atoms with van der Waals surface area (Å²) in [6.07, 6.45) is 2.34. The van der Waals surface area contributed by atoms with E-state index >= 15 is 0 Å². The van der Waals surface area contributed by atoms with Gasteiger partial charge in [-0.25, -0.2) is 0 Å². The van der Waals surface area contributed by atoms with E-state index in [1.807, 2.05) is 0 Å². The van der Waals surface area contributed by atoms with Gasteiger partial charge in [0.1, 0.15) is 0 Å². The van der Waals surface area contributed by atoms with E-state index in [1.165, 1.54) is 23.2 Å². The van der Waals surface area contributed by atoms with E-state index in [2.05, 4.69) is 35.3 Å². The van der Waals surface area contributed by atoms with E-state index in [-0.39, 0.29) is 6.61 Å². The fourth-order valence-electron chi connectivity index (χ4n) is 3.34. The molecule has 18 heavy (non-hydrogen) atoms. The summed E-state index contributed by atoms with van der Waals surface area (Å²) in [6, 6.07) is 6.93. The molecule has 1 aromatic carbocycles. The summed E-state index contributed by atoms with van der Waals surface area (Å²) in [5, 5.41) is 13.0. The summed E-state index contributed by atoms with van der Waals surface area (Å²) < 4.78 is 0. The van der Waals surface area contributed by atoms with Crippen molar-refractivity contribution in [3.8, 4) is 0 Å². The second kappa shape index (κ2) is 4.90. The van der Waals surface area contributed by atoms with Crippen LogP contribution in [0.4, 0.5) is 5.69 Å². The Hall–Kier alpha value is -1.06. The Bertz CT molecular complexity index is 433. The van der Waals surface area contributed by atoms with Gasteiger partial charge in [0.25, 0.3) is 0 Å². The molecule has 1 fully saturated rings. The molecule has 2 aliphatic rings. The maximum absolute atomic E-state index is 9.52. The van der Waals surface area contributed by atoms with Crippen molar-refractivity contribution in [2.24, 2.45) is 5.92 Å². The molecular formula is C15H22N2O. The zero-order valence-corrected chi connectivity index (χ0v) is 11.0. The first-order chi connectivity index (χ1) is 8.79. The van der Waals surface area contributed by atoms with Gasteiger partial charge in [0.05, 0.1) is 6.61 Å². The highest BCUT2D eigenvalue weighted by atomic mass is 16.3. The van der Waals surface area contributed by atoms with Crippen LogP contribution in [0.15, 0.2) is 18.2 Å². The van der Waals surface area contributed by atoms with Crippen molar-refractivity contribution in [2.45, 2.75) is 32.4 Å². The van der Waals surface area contributed by atoms with Crippen molar-refractivity contribution in [1.82, 2.24) is 4.90 Å². The summed E-state index contributed by atoms with van der Waals surface area (Å²) in [7, 11) is 0. The van der Waals surface area contributed by atoms with Gasteiger partial charge >= 0.3 is 0 Å². The predicted octanol–water partition coefficient (Wildman–Crippen LogP) is 1.86. The monoisotopic (exact) mass is 246 g/mol. The second-order valence-corrected chi connectivity index (χ2v) is 5.61. The largest absolute Gasteiger partial charge is 0.395 e. The standard InChI is InChI=1S/C15H22N2O/c1-11-6-8-17(14(11)10-18)9-13-4-2-3-12-5-7-16-15(12)13/h2-4,11,14,16,18H,5-10H2,1H3. The van der Waals surface area contributed by atoms with Gasteiger partial charge < -0.3 is 10.4 Å². The number of nitrogens with zero attached hydrogens (tertiary/aromatic N) is 1. The highest BCUT2D eigenvalue weighted by Gasteiger charge is 2.31. The first-order valence-corrected chi connectivity index (χ1v) is 6.99. The van der Waals surface area contributed by atoms with Crippen molar-refractivity contribution < 1.29 is 5.11 Å². The highest BCUT2D eigenvalue weighted by molar-refractivity contribution is 5.61. The van der Waals surface area contributed by atoms with Crippen LogP contribution in [0.25, 0.3) is 0 Å². The minimum Gasteiger partial charge on any atom is -0.395 e. The Morgan fingerprint density at radius 1 is 1.44 bits per heavy atom. The van der Waals surface area contributed by atoms with Crippen LogP contribution < -0.4 is 5.32 Å². The Balaban J connectivity index is 1.79. The van der Waals surface area contributed by atoms with Crippen LogP contribution in [0.3, 0.4) is 0 Å². The van der Waals surface area contributed by atoms with Crippen LogP contribution in [-0.2, 0) is 13.0 Å². The van der Waals surface area contributed by atoms with Crippen molar-refractivity contribution in [3.63, 3.8) is 0 Å². The van der Waals surface area contributed by atoms with E-state index < -0.39 is 0 Å². The third kappa shape index (κ3) is 2.02. The zero-order chi connectivity index (χ0) is 12.5. The van der Waals surface area contributed by atoms with Gasteiger partial charge in [0, 0.05) is 24.8 Å². The Morgan fingerprint density at radius 2 is 2.33 bits per heavy atom. The lowest BCUT2D eigenvalue weighted by Gasteiger charge is -2.26. The molecule has 0 amide bonds. The SMILES string of the molecule is CC1CCN(Cc2cccc3c2NCC3)C1CO. The minimum atomic E-state index is 0.281. The van der Waals surface area contributed by atoms with Crippen LogP contribution in [0, 0.1) is 5.92 Å². The second-order valence-electron chi connectivity index (χ2n) is 5.61. The molecule has 2 atom stereocenters. The number of rotatable bonds is 3. The molecule has 0 aromatic heterocycles. The molecule has 1 aromatic rings. The van der Waals surface area contributed by atoms with Gasteiger partial charge in [-0.3, -0.25) is 4.90 Å². The molecule has 0 spiro atoms. The topological polar surface area (TPSA) is 35.5 Å². The van der Waals surface area contributed by atoms with Gasteiger partial charge in [-0.1, -0.05) is 25.1 Å². The highest BCUT2D eigenvalue weighted by Crippen LogP contribution is 2.31. The first-order valence-electron chi connectivity index (χ1n) is 6.99. The van der Waals surface area contributed by atoms with Crippen molar-refractivity contribution in [3.05, 3.63) is 29.3 Å². The number of para-hydroxylation sites is 1. The van der Waals surface area contributed by atoms with Gasteiger partial charge in [-0.2, -0.15) is 0 Å². The summed E-state index contributed by atoms with van der Waals surface area (Å²) in [5.74, 6) is 0.611. The minimum absolute atomic E-state index is 0.281. The number of hydrogen-bond donors (Lipinski definition) is 2. The Kier molecular flexibility index (Phi) is 3.27. The quantitative estimate of drug-likeness (QED) is 0.854. The molecule has 2 N–H and O–H groups in total. The molecule has 0 radical (unpaired) electrons. The molecule has 0 aliphatic carbocycles. The van der Waals surface area contributed by atoms with Gasteiger partial charge in [-0.15, -0.1) is 0 Å². The third-order valence-electron chi connectivity index (χ3n) is 4.49. The third-order valence-corrected chi connectivity index (χ3v) is 4.49. The predicted molar refractivity (Wildman–Crippen MR) is 73.7 cm³/mol. The average molecular weight is 246 g/mol. The van der Waals surface area contributed by atoms with Gasteiger partial charge in [-0.05, 0) is 36.4 Å². The maximum atomic E-state index is 9.52. The molecule has 3 nitrogen and oxygen atoms in total. The lowest BCUT2D eigenvalue weighted by atomic mass is 10.0. The number of benzene rings is 1. The molecule has 0 saturated carbocycles. The fraction of sp³-hybridized carbons (Fsp3) is 0.600. The summed E-state index contributed by atoms with van der Waals surface area (Å²) >= 11 is 0. The lowest BCUT2D eigenvalue weighted by Crippen LogP contribution is -2.34. The Morgan fingerprint density at radius 3 is 3.17 bits per heavy atom. The number of aliphatic hydroxyl groups is 1. The van der Waals surface area contributed by atoms with E-state index in [0.29, 0.717) is 12.0 Å². The number of nitrogens with one attached hydrogen (secondary N) is 1. The van der Waals surface area contributed by atoms with Crippen molar-refractivity contribution >= 4 is 5.69 Å². The van der Waals surface area contributed by atoms with Gasteiger partial charge in [0.15, 0.2) is 0 Å². The van der Waals surface area contributed by atoms with Crippen LogP contribution in [0.2, 0.25) is 0 Å². The van der Waals surface area contributed by atoms with Crippen molar-refractivity contribution in [2.75, 3.05) is 25.0 Å². The average Bonchev–Trinajstić information content (AvgIpc) is 2.97. The van der Waals surface area contributed by atoms with Crippen molar-refractivity contribution in [1.29, 1.82) is 0 Å². The molecule has 2 unspecified atom stereocenters. The summed E-state index contributed by atoms with van der Waals surface area (Å²) in [5.41, 5.74) is 4.17. The summed E-state index contributed by atoms with van der Waals surface area (Å²) in [4.78, 5) is 2.43. The van der Waals surface area contributed by atoms with Gasteiger partial charge in [0.2, 0.25) is 0 Å². The van der Waals surface area contributed by atoms with Crippen LogP contribution in [0.5, 0.6) is 0 Å². The first kappa shape index (κ1) is 12.0. The van der Waals surface area contributed by atoms with E-state index in [9.17, 15) is 5.11 Å². The molecule has 1 saturated heterocycles. The normalized spacial score (nSPS) is 27.2. The van der Waals surface area contributed by atoms with Crippen LogP contribution in [-0.4, -0.2) is 35.7 Å². The number of anilines is 1. The smallest absolute Gasteiger partial charge is 0.0589 e. The Labute approximate surface area is 109 Å². The number of hydrogen-bond acceptors (Lipinski definition) is 3. The number of likely N-dealkylation sites (tertiary alicyclic amines) is 1. The number of aliphatic hydroxyl groups excluding tert-OH is 1. The maximum Gasteiger partial charge on any atom is 0.0589 e. The molecule has 3 heteroatoms.